The largest absolute Gasteiger partial charge is 0.351 e. The lowest BCUT2D eigenvalue weighted by Crippen LogP contribution is -2.36. The van der Waals surface area contributed by atoms with E-state index < -0.39 is 5.92 Å². The Balaban J connectivity index is 1.63. The maximum Gasteiger partial charge on any atom is 0.239 e. The highest BCUT2D eigenvalue weighted by Gasteiger charge is 2.37. The lowest BCUT2D eigenvalue weighted by atomic mass is 10.1. The fraction of sp³-hybridized carbons (Fsp3) is 0.300. The van der Waals surface area contributed by atoms with Gasteiger partial charge in [0.05, 0.1) is 0 Å². The van der Waals surface area contributed by atoms with Gasteiger partial charge >= 0.3 is 0 Å². The summed E-state index contributed by atoms with van der Waals surface area (Å²) in [7, 11) is 0. The summed E-state index contributed by atoms with van der Waals surface area (Å²) in [5, 5.41) is 2.77. The number of halogens is 1. The third kappa shape index (κ3) is 3.71. The van der Waals surface area contributed by atoms with Crippen LogP contribution in [-0.2, 0) is 16.1 Å². The lowest BCUT2D eigenvalue weighted by molar-refractivity contribution is -0.132. The van der Waals surface area contributed by atoms with Gasteiger partial charge in [-0.15, -0.1) is 0 Å². The molecule has 0 aliphatic carbocycles. The third-order valence-corrected chi connectivity index (χ3v) is 4.70. The van der Waals surface area contributed by atoms with Gasteiger partial charge in [0.25, 0.3) is 0 Å². The molecule has 0 bridgehead atoms. The fourth-order valence-corrected chi connectivity index (χ4v) is 2.99. The van der Waals surface area contributed by atoms with Crippen molar-refractivity contribution in [2.75, 3.05) is 11.4 Å². The van der Waals surface area contributed by atoms with E-state index >= 15 is 0 Å². The van der Waals surface area contributed by atoms with Crippen molar-refractivity contribution in [3.8, 4) is 0 Å². The highest BCUT2D eigenvalue weighted by atomic mass is 19.1. The molecule has 5 heteroatoms. The average Bonchev–Trinajstić information content (AvgIpc) is 2.98. The fourth-order valence-electron chi connectivity index (χ4n) is 2.99. The third-order valence-electron chi connectivity index (χ3n) is 4.70. The number of rotatable bonds is 4. The van der Waals surface area contributed by atoms with Crippen molar-refractivity contribution in [2.24, 2.45) is 5.92 Å². The van der Waals surface area contributed by atoms with E-state index in [2.05, 4.69) is 5.32 Å². The minimum absolute atomic E-state index is 0.167. The summed E-state index contributed by atoms with van der Waals surface area (Å²) in [6.07, 6.45) is 0.501. The van der Waals surface area contributed by atoms with Crippen LogP contribution in [0.25, 0.3) is 0 Å². The number of anilines is 1. The Morgan fingerprint density at radius 2 is 1.88 bits per heavy atom. The molecule has 1 unspecified atom stereocenters. The highest BCUT2D eigenvalue weighted by Crippen LogP contribution is 2.27. The van der Waals surface area contributed by atoms with E-state index in [9.17, 15) is 14.0 Å². The smallest absolute Gasteiger partial charge is 0.239 e. The first-order valence-electron chi connectivity index (χ1n) is 8.36. The monoisotopic (exact) mass is 340 g/mol. The van der Waals surface area contributed by atoms with Gasteiger partial charge in [-0.3, -0.25) is 9.59 Å². The summed E-state index contributed by atoms with van der Waals surface area (Å²) in [5.41, 5.74) is 3.92. The SMILES string of the molecule is Cc1ccc(N2CCC(C(=O)NCc3ccc(F)cc3)C2=O)cc1C. The predicted molar refractivity (Wildman–Crippen MR) is 94.6 cm³/mol. The molecule has 4 nitrogen and oxygen atoms in total. The van der Waals surface area contributed by atoms with Crippen LogP contribution in [-0.4, -0.2) is 18.4 Å². The molecule has 0 spiro atoms. The van der Waals surface area contributed by atoms with Crippen molar-refractivity contribution < 1.29 is 14.0 Å². The number of carbonyl (C=O) groups excluding carboxylic acids is 2. The second-order valence-corrected chi connectivity index (χ2v) is 6.44. The number of hydrogen-bond donors (Lipinski definition) is 1. The van der Waals surface area contributed by atoms with Gasteiger partial charge < -0.3 is 10.2 Å². The summed E-state index contributed by atoms with van der Waals surface area (Å²) in [4.78, 5) is 26.7. The Kier molecular flexibility index (Phi) is 4.83. The van der Waals surface area contributed by atoms with Gasteiger partial charge in [0, 0.05) is 18.8 Å². The first-order valence-corrected chi connectivity index (χ1v) is 8.36. The summed E-state index contributed by atoms with van der Waals surface area (Å²) >= 11 is 0. The molecule has 1 heterocycles. The summed E-state index contributed by atoms with van der Waals surface area (Å²) in [6, 6.07) is 11.8. The predicted octanol–water partition coefficient (Wildman–Crippen LogP) is 3.11. The van der Waals surface area contributed by atoms with Crippen LogP contribution in [0.15, 0.2) is 42.5 Å². The van der Waals surface area contributed by atoms with Crippen LogP contribution in [0.5, 0.6) is 0 Å². The molecule has 1 aliphatic rings. The lowest BCUT2D eigenvalue weighted by Gasteiger charge is -2.18. The van der Waals surface area contributed by atoms with E-state index in [4.69, 9.17) is 0 Å². The minimum atomic E-state index is -0.665. The van der Waals surface area contributed by atoms with Gasteiger partial charge in [0.1, 0.15) is 11.7 Å². The van der Waals surface area contributed by atoms with Crippen LogP contribution in [0, 0.1) is 25.6 Å². The average molecular weight is 340 g/mol. The van der Waals surface area contributed by atoms with Crippen molar-refractivity contribution in [1.29, 1.82) is 0 Å². The van der Waals surface area contributed by atoms with E-state index in [1.54, 1.807) is 17.0 Å². The second-order valence-electron chi connectivity index (χ2n) is 6.44. The van der Waals surface area contributed by atoms with Crippen molar-refractivity contribution in [3.05, 3.63) is 65.0 Å². The molecule has 0 aromatic heterocycles. The zero-order valence-electron chi connectivity index (χ0n) is 14.4. The van der Waals surface area contributed by atoms with Gasteiger partial charge in [-0.05, 0) is 61.2 Å². The van der Waals surface area contributed by atoms with E-state index in [0.717, 1.165) is 16.8 Å². The van der Waals surface area contributed by atoms with Crippen LogP contribution in [0.3, 0.4) is 0 Å². The van der Waals surface area contributed by atoms with Gasteiger partial charge in [0.2, 0.25) is 11.8 Å². The van der Waals surface area contributed by atoms with E-state index in [1.807, 2.05) is 32.0 Å². The van der Waals surface area contributed by atoms with Crippen molar-refractivity contribution >= 4 is 17.5 Å². The zero-order valence-corrected chi connectivity index (χ0v) is 14.4. The highest BCUT2D eigenvalue weighted by molar-refractivity contribution is 6.09. The first-order chi connectivity index (χ1) is 12.0. The Bertz CT molecular complexity index is 802. The van der Waals surface area contributed by atoms with Gasteiger partial charge in [-0.2, -0.15) is 0 Å². The van der Waals surface area contributed by atoms with Crippen LogP contribution in [0.4, 0.5) is 10.1 Å². The van der Waals surface area contributed by atoms with Crippen LogP contribution in [0.2, 0.25) is 0 Å². The maximum atomic E-state index is 12.9. The molecule has 2 aromatic carbocycles. The number of benzene rings is 2. The number of carbonyl (C=O) groups is 2. The zero-order chi connectivity index (χ0) is 18.0. The van der Waals surface area contributed by atoms with E-state index in [1.165, 1.54) is 17.7 Å². The number of amides is 2. The molecule has 2 aromatic rings. The molecular weight excluding hydrogens is 319 g/mol. The molecule has 3 rings (SSSR count). The first kappa shape index (κ1) is 17.1. The van der Waals surface area contributed by atoms with E-state index in [-0.39, 0.29) is 24.2 Å². The summed E-state index contributed by atoms with van der Waals surface area (Å²) in [6.45, 7) is 4.85. The molecule has 0 radical (unpaired) electrons. The Hall–Kier alpha value is -2.69. The molecule has 1 saturated heterocycles. The summed E-state index contributed by atoms with van der Waals surface area (Å²) < 4.78 is 12.9. The van der Waals surface area contributed by atoms with Gasteiger partial charge in [-0.25, -0.2) is 4.39 Å². The van der Waals surface area contributed by atoms with Crippen molar-refractivity contribution in [1.82, 2.24) is 5.32 Å². The number of aryl methyl sites for hydroxylation is 2. The quantitative estimate of drug-likeness (QED) is 0.870. The minimum Gasteiger partial charge on any atom is -0.351 e. The Labute approximate surface area is 146 Å². The van der Waals surface area contributed by atoms with Crippen LogP contribution < -0.4 is 10.2 Å². The van der Waals surface area contributed by atoms with Crippen LogP contribution in [0.1, 0.15) is 23.1 Å². The second kappa shape index (κ2) is 7.05. The standard InChI is InChI=1S/C20H21FN2O2/c1-13-3-8-17(11-14(13)2)23-10-9-18(20(23)25)19(24)22-12-15-4-6-16(21)7-5-15/h3-8,11,18H,9-10,12H2,1-2H3,(H,22,24). The number of hydrogen-bond acceptors (Lipinski definition) is 2. The van der Waals surface area contributed by atoms with Gasteiger partial charge in [-0.1, -0.05) is 18.2 Å². The maximum absolute atomic E-state index is 12.9. The number of nitrogens with zero attached hydrogens (tertiary/aromatic N) is 1. The Morgan fingerprint density at radius 3 is 2.56 bits per heavy atom. The Morgan fingerprint density at radius 1 is 1.16 bits per heavy atom. The number of nitrogens with one attached hydrogen (secondary N) is 1. The molecule has 1 N–H and O–H groups in total. The molecule has 0 saturated carbocycles. The van der Waals surface area contributed by atoms with Crippen molar-refractivity contribution in [2.45, 2.75) is 26.8 Å². The molecule has 1 atom stereocenters. The molecule has 1 aliphatic heterocycles. The van der Waals surface area contributed by atoms with Crippen LogP contribution >= 0.6 is 0 Å². The molecular formula is C20H21FN2O2. The van der Waals surface area contributed by atoms with Crippen molar-refractivity contribution in [3.63, 3.8) is 0 Å². The molecule has 130 valence electrons. The van der Waals surface area contributed by atoms with Gasteiger partial charge in [0.15, 0.2) is 0 Å². The molecule has 1 fully saturated rings. The topological polar surface area (TPSA) is 49.4 Å². The summed E-state index contributed by atoms with van der Waals surface area (Å²) in [5.74, 6) is -1.42. The molecule has 25 heavy (non-hydrogen) atoms. The van der Waals surface area contributed by atoms with E-state index in [0.29, 0.717) is 13.0 Å². The molecule has 2 amide bonds. The normalized spacial score (nSPS) is 17.0.